The number of halogens is 1. The predicted octanol–water partition coefficient (Wildman–Crippen LogP) is 2.99. The van der Waals surface area contributed by atoms with Crippen molar-refractivity contribution in [2.45, 2.75) is 12.6 Å². The van der Waals surface area contributed by atoms with Gasteiger partial charge in [-0.1, -0.05) is 30.3 Å². The van der Waals surface area contributed by atoms with Gasteiger partial charge in [-0.2, -0.15) is 11.3 Å². The Bertz CT molecular complexity index is 405. The first-order chi connectivity index (χ1) is 7.86. The second-order valence-electron chi connectivity index (χ2n) is 3.69. The molecule has 1 aromatic carbocycles. The van der Waals surface area contributed by atoms with E-state index in [1.54, 1.807) is 11.3 Å². The van der Waals surface area contributed by atoms with Gasteiger partial charge >= 0.3 is 0 Å². The molecular weight excluding hydrogens is 254 g/mol. The van der Waals surface area contributed by atoms with Crippen LogP contribution in [0.25, 0.3) is 0 Å². The average molecular weight is 270 g/mol. The lowest BCUT2D eigenvalue weighted by molar-refractivity contribution is 0.174. The fourth-order valence-electron chi connectivity index (χ4n) is 1.54. The molecule has 0 fully saturated rings. The summed E-state index contributed by atoms with van der Waals surface area (Å²) in [5.74, 6) is 0. The number of hydrogen-bond donors (Lipinski definition) is 2. The molecule has 17 heavy (non-hydrogen) atoms. The lowest BCUT2D eigenvalue weighted by Crippen LogP contribution is -2.20. The topological polar surface area (TPSA) is 32.3 Å². The van der Waals surface area contributed by atoms with Crippen molar-refractivity contribution >= 4 is 23.7 Å². The monoisotopic (exact) mass is 269 g/mol. The lowest BCUT2D eigenvalue weighted by atomic mass is 10.1. The molecule has 2 rings (SSSR count). The number of nitrogens with one attached hydrogen (secondary N) is 1. The fraction of sp³-hybridized carbons (Fsp3) is 0.231. The highest BCUT2D eigenvalue weighted by molar-refractivity contribution is 7.07. The second kappa shape index (κ2) is 7.45. The molecule has 0 aliphatic carbocycles. The molecule has 0 amide bonds. The number of aliphatic hydroxyl groups is 1. The highest BCUT2D eigenvalue weighted by Gasteiger charge is 2.05. The first-order valence-corrected chi connectivity index (χ1v) is 6.25. The first kappa shape index (κ1) is 14.2. The van der Waals surface area contributed by atoms with Crippen molar-refractivity contribution in [1.29, 1.82) is 0 Å². The van der Waals surface area contributed by atoms with E-state index in [1.807, 2.05) is 30.3 Å². The summed E-state index contributed by atoms with van der Waals surface area (Å²) in [6, 6.07) is 11.8. The van der Waals surface area contributed by atoms with Gasteiger partial charge < -0.3 is 10.4 Å². The Kier molecular flexibility index (Phi) is 6.22. The van der Waals surface area contributed by atoms with Crippen LogP contribution in [0.15, 0.2) is 47.2 Å². The van der Waals surface area contributed by atoms with Gasteiger partial charge in [0.25, 0.3) is 0 Å². The van der Waals surface area contributed by atoms with Crippen molar-refractivity contribution in [3.8, 4) is 0 Å². The smallest absolute Gasteiger partial charge is 0.0914 e. The van der Waals surface area contributed by atoms with Crippen LogP contribution in [-0.4, -0.2) is 11.7 Å². The van der Waals surface area contributed by atoms with E-state index in [4.69, 9.17) is 0 Å². The van der Waals surface area contributed by atoms with Crippen LogP contribution in [0.2, 0.25) is 0 Å². The largest absolute Gasteiger partial charge is 0.387 e. The van der Waals surface area contributed by atoms with Crippen LogP contribution in [0.1, 0.15) is 17.2 Å². The van der Waals surface area contributed by atoms with Crippen LogP contribution in [0.3, 0.4) is 0 Å². The highest BCUT2D eigenvalue weighted by atomic mass is 35.5. The predicted molar refractivity (Wildman–Crippen MR) is 74.7 cm³/mol. The Hall–Kier alpha value is -0.870. The molecule has 2 nitrogen and oxygen atoms in total. The van der Waals surface area contributed by atoms with Crippen molar-refractivity contribution in [1.82, 2.24) is 5.32 Å². The summed E-state index contributed by atoms with van der Waals surface area (Å²) in [5, 5.41) is 17.3. The molecule has 0 spiro atoms. The summed E-state index contributed by atoms with van der Waals surface area (Å²) in [5.41, 5.74) is 2.23. The maximum Gasteiger partial charge on any atom is 0.0914 e. The maximum absolute atomic E-state index is 9.89. The molecule has 0 saturated heterocycles. The van der Waals surface area contributed by atoms with Crippen LogP contribution >= 0.6 is 23.7 Å². The van der Waals surface area contributed by atoms with E-state index in [2.05, 4.69) is 22.1 Å². The van der Waals surface area contributed by atoms with E-state index in [0.717, 1.165) is 12.1 Å². The van der Waals surface area contributed by atoms with Gasteiger partial charge in [0.2, 0.25) is 0 Å². The third-order valence-corrected chi connectivity index (χ3v) is 3.16. The highest BCUT2D eigenvalue weighted by Crippen LogP contribution is 2.11. The molecule has 2 aromatic rings. The quantitative estimate of drug-likeness (QED) is 0.875. The molecule has 92 valence electrons. The molecule has 1 heterocycles. The summed E-state index contributed by atoms with van der Waals surface area (Å²) < 4.78 is 0. The second-order valence-corrected chi connectivity index (χ2v) is 4.47. The molecule has 0 bridgehead atoms. The van der Waals surface area contributed by atoms with Crippen molar-refractivity contribution < 1.29 is 5.11 Å². The van der Waals surface area contributed by atoms with Gasteiger partial charge in [-0.25, -0.2) is 0 Å². The minimum absolute atomic E-state index is 0. The molecule has 4 heteroatoms. The summed E-state index contributed by atoms with van der Waals surface area (Å²) in [7, 11) is 0. The van der Waals surface area contributed by atoms with Gasteiger partial charge in [-0.15, -0.1) is 12.4 Å². The molecule has 0 aliphatic heterocycles. The number of thiophene rings is 1. The zero-order valence-corrected chi connectivity index (χ0v) is 11.0. The van der Waals surface area contributed by atoms with Gasteiger partial charge in [0.15, 0.2) is 0 Å². The summed E-state index contributed by atoms with van der Waals surface area (Å²) >= 11 is 1.69. The lowest BCUT2D eigenvalue weighted by Gasteiger charge is -2.11. The first-order valence-electron chi connectivity index (χ1n) is 5.31. The van der Waals surface area contributed by atoms with Gasteiger partial charge in [0.05, 0.1) is 6.10 Å². The minimum Gasteiger partial charge on any atom is -0.387 e. The van der Waals surface area contributed by atoms with Crippen LogP contribution in [0.5, 0.6) is 0 Å². The molecule has 0 radical (unpaired) electrons. The van der Waals surface area contributed by atoms with Crippen LogP contribution in [-0.2, 0) is 6.54 Å². The van der Waals surface area contributed by atoms with E-state index in [1.165, 1.54) is 5.56 Å². The molecule has 0 aliphatic rings. The van der Waals surface area contributed by atoms with Crippen LogP contribution in [0.4, 0.5) is 0 Å². The minimum atomic E-state index is -0.431. The SMILES string of the molecule is Cl.OC(CNCc1ccsc1)c1ccccc1. The number of hydrogen-bond acceptors (Lipinski definition) is 3. The molecule has 0 saturated carbocycles. The van der Waals surface area contributed by atoms with Gasteiger partial charge in [-0.05, 0) is 28.0 Å². The number of benzene rings is 1. The van der Waals surface area contributed by atoms with Crippen molar-refractivity contribution in [2.75, 3.05) is 6.54 Å². The fourth-order valence-corrected chi connectivity index (χ4v) is 2.21. The van der Waals surface area contributed by atoms with E-state index in [0.29, 0.717) is 6.54 Å². The van der Waals surface area contributed by atoms with Gasteiger partial charge in [0.1, 0.15) is 0 Å². The average Bonchev–Trinajstić information content (AvgIpc) is 2.83. The Morgan fingerprint density at radius 2 is 1.94 bits per heavy atom. The number of rotatable bonds is 5. The standard InChI is InChI=1S/C13H15NOS.ClH/c15-13(12-4-2-1-3-5-12)9-14-8-11-6-7-16-10-11;/h1-7,10,13-15H,8-9H2;1H. The molecular formula is C13H16ClNOS. The zero-order chi connectivity index (χ0) is 11.2. The van der Waals surface area contributed by atoms with E-state index in [9.17, 15) is 5.11 Å². The number of aliphatic hydroxyl groups excluding tert-OH is 1. The van der Waals surface area contributed by atoms with E-state index >= 15 is 0 Å². The normalized spacial score (nSPS) is 11.8. The van der Waals surface area contributed by atoms with Crippen LogP contribution in [0, 0.1) is 0 Å². The van der Waals surface area contributed by atoms with Gasteiger partial charge in [-0.3, -0.25) is 0 Å². The van der Waals surface area contributed by atoms with E-state index < -0.39 is 6.10 Å². The molecule has 1 aromatic heterocycles. The summed E-state index contributed by atoms with van der Waals surface area (Å²) in [6.07, 6.45) is -0.431. The van der Waals surface area contributed by atoms with Crippen molar-refractivity contribution in [3.05, 3.63) is 58.3 Å². The van der Waals surface area contributed by atoms with E-state index in [-0.39, 0.29) is 12.4 Å². The third-order valence-electron chi connectivity index (χ3n) is 2.43. The van der Waals surface area contributed by atoms with Crippen LogP contribution < -0.4 is 5.32 Å². The summed E-state index contributed by atoms with van der Waals surface area (Å²) in [4.78, 5) is 0. The Balaban J connectivity index is 0.00000144. The summed E-state index contributed by atoms with van der Waals surface area (Å²) in [6.45, 7) is 1.40. The van der Waals surface area contributed by atoms with Gasteiger partial charge in [0, 0.05) is 13.1 Å². The van der Waals surface area contributed by atoms with Crippen molar-refractivity contribution in [3.63, 3.8) is 0 Å². The Morgan fingerprint density at radius 1 is 1.18 bits per heavy atom. The molecule has 2 N–H and O–H groups in total. The molecule has 1 atom stereocenters. The Morgan fingerprint density at radius 3 is 2.59 bits per heavy atom. The van der Waals surface area contributed by atoms with Crippen molar-refractivity contribution in [2.24, 2.45) is 0 Å². The maximum atomic E-state index is 9.89. The molecule has 1 unspecified atom stereocenters. The third kappa shape index (κ3) is 4.48. The Labute approximate surface area is 112 Å². The zero-order valence-electron chi connectivity index (χ0n) is 9.37.